The first kappa shape index (κ1) is 13.0. The average Bonchev–Trinajstić information content (AvgIpc) is 2.35. The van der Waals surface area contributed by atoms with E-state index in [1.165, 1.54) is 0 Å². The van der Waals surface area contributed by atoms with Crippen molar-refractivity contribution in [1.29, 1.82) is 0 Å². The lowest BCUT2D eigenvalue weighted by molar-refractivity contribution is 1.32. The maximum atomic E-state index is 5.90. The molecule has 2 N–H and O–H groups in total. The predicted octanol–water partition coefficient (Wildman–Crippen LogP) is 3.59. The molecule has 0 amide bonds. The SMILES string of the molecule is S=C(Nc1cccnc1Cl)Nc1cccnc1Cl. The zero-order valence-corrected chi connectivity index (χ0v) is 11.4. The van der Waals surface area contributed by atoms with Crippen molar-refractivity contribution in [3.05, 3.63) is 47.0 Å². The van der Waals surface area contributed by atoms with Gasteiger partial charge in [0.1, 0.15) is 0 Å². The molecule has 0 saturated carbocycles. The molecule has 0 spiro atoms. The quantitative estimate of drug-likeness (QED) is 0.655. The molecule has 2 heterocycles. The molecular formula is C11H8Cl2N4S. The summed E-state index contributed by atoms with van der Waals surface area (Å²) < 4.78 is 0. The summed E-state index contributed by atoms with van der Waals surface area (Å²) in [5.74, 6) is 0. The first-order valence-electron chi connectivity index (χ1n) is 4.96. The predicted molar refractivity (Wildman–Crippen MR) is 78.3 cm³/mol. The first-order chi connectivity index (χ1) is 8.66. The molecule has 2 rings (SSSR count). The zero-order valence-electron chi connectivity index (χ0n) is 9.02. The third-order valence-corrected chi connectivity index (χ3v) is 2.82. The van der Waals surface area contributed by atoms with Gasteiger partial charge in [-0.25, -0.2) is 9.97 Å². The second-order valence-corrected chi connectivity index (χ2v) is 4.39. The number of aromatic nitrogens is 2. The van der Waals surface area contributed by atoms with Crippen LogP contribution in [0.2, 0.25) is 10.3 Å². The highest BCUT2D eigenvalue weighted by Crippen LogP contribution is 2.20. The van der Waals surface area contributed by atoms with Crippen LogP contribution in [0.5, 0.6) is 0 Å². The average molecular weight is 299 g/mol. The third-order valence-electron chi connectivity index (χ3n) is 2.01. The highest BCUT2D eigenvalue weighted by molar-refractivity contribution is 7.80. The number of rotatable bonds is 2. The fourth-order valence-electron chi connectivity index (χ4n) is 1.23. The minimum atomic E-state index is 0.346. The van der Waals surface area contributed by atoms with Crippen LogP contribution < -0.4 is 10.6 Å². The minimum Gasteiger partial charge on any atom is -0.330 e. The Labute approximate surface area is 119 Å². The fraction of sp³-hybridized carbons (Fsp3) is 0. The molecule has 0 aliphatic carbocycles. The van der Waals surface area contributed by atoms with Crippen molar-refractivity contribution in [3.8, 4) is 0 Å². The summed E-state index contributed by atoms with van der Waals surface area (Å²) in [4.78, 5) is 7.87. The van der Waals surface area contributed by atoms with Crippen LogP contribution in [0.1, 0.15) is 0 Å². The summed E-state index contributed by atoms with van der Waals surface area (Å²) in [6, 6.07) is 7.06. The molecule has 0 radical (unpaired) electrons. The summed E-state index contributed by atoms with van der Waals surface area (Å²) in [6.07, 6.45) is 3.20. The van der Waals surface area contributed by atoms with E-state index in [0.29, 0.717) is 26.8 Å². The van der Waals surface area contributed by atoms with Crippen molar-refractivity contribution < 1.29 is 0 Å². The van der Waals surface area contributed by atoms with Crippen molar-refractivity contribution in [1.82, 2.24) is 9.97 Å². The fourth-order valence-corrected chi connectivity index (χ4v) is 1.79. The molecule has 4 nitrogen and oxygen atoms in total. The van der Waals surface area contributed by atoms with Gasteiger partial charge in [0.15, 0.2) is 15.4 Å². The van der Waals surface area contributed by atoms with Crippen LogP contribution in [0, 0.1) is 0 Å². The molecule has 92 valence electrons. The minimum absolute atomic E-state index is 0.346. The Kier molecular flexibility index (Phi) is 4.30. The Hall–Kier alpha value is -1.43. The second kappa shape index (κ2) is 5.95. The molecule has 2 aromatic rings. The van der Waals surface area contributed by atoms with Gasteiger partial charge in [-0.1, -0.05) is 23.2 Å². The summed E-state index contributed by atoms with van der Waals surface area (Å²) >= 11 is 16.9. The largest absolute Gasteiger partial charge is 0.330 e. The molecule has 0 atom stereocenters. The van der Waals surface area contributed by atoms with Crippen LogP contribution in [0.25, 0.3) is 0 Å². The number of anilines is 2. The Morgan fingerprint density at radius 1 is 0.944 bits per heavy atom. The lowest BCUT2D eigenvalue weighted by Gasteiger charge is -2.11. The van der Waals surface area contributed by atoms with E-state index in [-0.39, 0.29) is 0 Å². The van der Waals surface area contributed by atoms with Gasteiger partial charge in [0.05, 0.1) is 11.4 Å². The van der Waals surface area contributed by atoms with Crippen molar-refractivity contribution in [2.45, 2.75) is 0 Å². The van der Waals surface area contributed by atoms with Gasteiger partial charge in [-0.05, 0) is 36.5 Å². The molecule has 18 heavy (non-hydrogen) atoms. The summed E-state index contributed by atoms with van der Waals surface area (Å²) in [5.41, 5.74) is 1.24. The monoisotopic (exact) mass is 298 g/mol. The van der Waals surface area contributed by atoms with E-state index in [2.05, 4.69) is 20.6 Å². The van der Waals surface area contributed by atoms with E-state index in [4.69, 9.17) is 35.4 Å². The second-order valence-electron chi connectivity index (χ2n) is 3.26. The molecule has 2 aromatic heterocycles. The lowest BCUT2D eigenvalue weighted by atomic mass is 10.4. The molecule has 0 bridgehead atoms. The smallest absolute Gasteiger partial charge is 0.175 e. The van der Waals surface area contributed by atoms with Gasteiger partial charge < -0.3 is 10.6 Å². The summed E-state index contributed by atoms with van der Waals surface area (Å²) in [6.45, 7) is 0. The van der Waals surface area contributed by atoms with Crippen molar-refractivity contribution in [3.63, 3.8) is 0 Å². The maximum Gasteiger partial charge on any atom is 0.175 e. The molecule has 0 aliphatic heterocycles. The van der Waals surface area contributed by atoms with E-state index < -0.39 is 0 Å². The van der Waals surface area contributed by atoms with Crippen LogP contribution in [0.15, 0.2) is 36.7 Å². The Balaban J connectivity index is 2.06. The number of hydrogen-bond donors (Lipinski definition) is 2. The van der Waals surface area contributed by atoms with Crippen LogP contribution in [-0.4, -0.2) is 15.1 Å². The van der Waals surface area contributed by atoms with Gasteiger partial charge in [0.2, 0.25) is 0 Å². The lowest BCUT2D eigenvalue weighted by Crippen LogP contribution is -2.19. The van der Waals surface area contributed by atoms with Crippen LogP contribution in [-0.2, 0) is 0 Å². The Morgan fingerprint density at radius 3 is 1.78 bits per heavy atom. The van der Waals surface area contributed by atoms with Gasteiger partial charge in [-0.2, -0.15) is 0 Å². The number of halogens is 2. The number of nitrogens with one attached hydrogen (secondary N) is 2. The Bertz CT molecular complexity index is 527. The molecular weight excluding hydrogens is 291 g/mol. The maximum absolute atomic E-state index is 5.90. The van der Waals surface area contributed by atoms with Gasteiger partial charge in [-0.3, -0.25) is 0 Å². The highest BCUT2D eigenvalue weighted by Gasteiger charge is 2.05. The van der Waals surface area contributed by atoms with E-state index in [1.807, 2.05) is 0 Å². The summed E-state index contributed by atoms with van der Waals surface area (Å²) in [7, 11) is 0. The molecule has 0 fully saturated rings. The number of hydrogen-bond acceptors (Lipinski definition) is 3. The molecule has 7 heteroatoms. The standard InChI is InChI=1S/C11H8Cl2N4S/c12-9-7(3-1-5-14-9)16-11(18)17-8-4-2-6-15-10(8)13/h1-6H,(H2,16,17,18). The topological polar surface area (TPSA) is 49.8 Å². The van der Waals surface area contributed by atoms with E-state index in [1.54, 1.807) is 36.7 Å². The molecule has 0 saturated heterocycles. The number of nitrogens with zero attached hydrogens (tertiary/aromatic N) is 2. The van der Waals surface area contributed by atoms with E-state index in [9.17, 15) is 0 Å². The van der Waals surface area contributed by atoms with Crippen LogP contribution >= 0.6 is 35.4 Å². The van der Waals surface area contributed by atoms with Crippen LogP contribution in [0.4, 0.5) is 11.4 Å². The van der Waals surface area contributed by atoms with Crippen LogP contribution in [0.3, 0.4) is 0 Å². The molecule has 0 aliphatic rings. The summed E-state index contributed by atoms with van der Waals surface area (Å²) in [5, 5.41) is 6.90. The zero-order chi connectivity index (χ0) is 13.0. The molecule has 0 aromatic carbocycles. The van der Waals surface area contributed by atoms with Gasteiger partial charge in [0.25, 0.3) is 0 Å². The van der Waals surface area contributed by atoms with Crippen molar-refractivity contribution in [2.24, 2.45) is 0 Å². The molecule has 0 unspecified atom stereocenters. The first-order valence-corrected chi connectivity index (χ1v) is 6.12. The normalized spacial score (nSPS) is 9.89. The van der Waals surface area contributed by atoms with Gasteiger partial charge in [-0.15, -0.1) is 0 Å². The number of thiocarbonyl (C=S) groups is 1. The Morgan fingerprint density at radius 2 is 1.39 bits per heavy atom. The third kappa shape index (κ3) is 3.29. The van der Waals surface area contributed by atoms with Crippen molar-refractivity contribution in [2.75, 3.05) is 10.6 Å². The van der Waals surface area contributed by atoms with Crippen molar-refractivity contribution >= 4 is 51.9 Å². The van der Waals surface area contributed by atoms with Gasteiger partial charge >= 0.3 is 0 Å². The van der Waals surface area contributed by atoms with E-state index >= 15 is 0 Å². The van der Waals surface area contributed by atoms with Gasteiger partial charge in [0, 0.05) is 12.4 Å². The highest BCUT2D eigenvalue weighted by atomic mass is 35.5. The van der Waals surface area contributed by atoms with E-state index in [0.717, 1.165) is 0 Å². The number of pyridine rings is 2.